The molecule has 1 saturated heterocycles. The number of anilines is 2. The monoisotopic (exact) mass is 551 g/mol. The zero-order valence-electron chi connectivity index (χ0n) is 22.1. The zero-order chi connectivity index (χ0) is 27.8. The largest absolute Gasteiger partial charge is 0.378 e. The van der Waals surface area contributed by atoms with Gasteiger partial charge in [-0.2, -0.15) is 14.0 Å². The van der Waals surface area contributed by atoms with Crippen LogP contribution in [0.15, 0.2) is 30.5 Å². The van der Waals surface area contributed by atoms with Crippen molar-refractivity contribution >= 4 is 23.1 Å². The summed E-state index contributed by atoms with van der Waals surface area (Å²) in [4.78, 5) is 19.9. The van der Waals surface area contributed by atoms with Crippen molar-refractivity contribution in [1.29, 1.82) is 0 Å². The van der Waals surface area contributed by atoms with E-state index in [1.54, 1.807) is 13.0 Å². The van der Waals surface area contributed by atoms with Gasteiger partial charge in [-0.3, -0.25) is 4.79 Å². The molecule has 9 nitrogen and oxygen atoms in total. The van der Waals surface area contributed by atoms with Gasteiger partial charge in [0.1, 0.15) is 23.4 Å². The molecule has 3 aromatic heterocycles. The van der Waals surface area contributed by atoms with E-state index in [0.717, 1.165) is 22.3 Å². The first-order valence-corrected chi connectivity index (χ1v) is 13.5. The van der Waals surface area contributed by atoms with Crippen molar-refractivity contribution in [2.24, 2.45) is 5.92 Å². The Balaban J connectivity index is 1.23. The van der Waals surface area contributed by atoms with E-state index in [1.807, 2.05) is 23.6 Å². The Morgan fingerprint density at radius 2 is 1.98 bits per heavy atom. The van der Waals surface area contributed by atoms with Gasteiger partial charge in [-0.05, 0) is 54.3 Å². The summed E-state index contributed by atoms with van der Waals surface area (Å²) in [6.45, 7) is 6.35. The molecule has 40 heavy (non-hydrogen) atoms. The number of nitrogens with one attached hydrogen (secondary N) is 1. The molecule has 208 valence electrons. The molecule has 3 atom stereocenters. The maximum atomic E-state index is 15.2. The van der Waals surface area contributed by atoms with E-state index in [1.165, 1.54) is 6.07 Å². The number of ether oxygens (including phenoxy) is 1. The van der Waals surface area contributed by atoms with Gasteiger partial charge in [-0.1, -0.05) is 6.92 Å². The Bertz CT molecular complexity index is 1660. The third-order valence-corrected chi connectivity index (χ3v) is 8.45. The van der Waals surface area contributed by atoms with Gasteiger partial charge in [0.25, 0.3) is 5.91 Å². The Morgan fingerprint density at radius 1 is 1.18 bits per heavy atom. The number of benzene rings is 1. The fraction of sp³-hybridized carbons (Fsp3) is 0.429. The molecule has 1 aliphatic heterocycles. The van der Waals surface area contributed by atoms with E-state index in [2.05, 4.69) is 25.4 Å². The first-order chi connectivity index (χ1) is 19.3. The number of alkyl halides is 1. The molecular formula is C28H28F3N7O2. The molecule has 1 aromatic carbocycles. The summed E-state index contributed by atoms with van der Waals surface area (Å²) in [6, 6.07) is 6.75. The summed E-state index contributed by atoms with van der Waals surface area (Å²) in [6.07, 6.45) is 1.53. The molecule has 0 radical (unpaired) electrons. The van der Waals surface area contributed by atoms with Crippen molar-refractivity contribution < 1.29 is 22.7 Å². The lowest BCUT2D eigenvalue weighted by atomic mass is 9.91. The molecular weight excluding hydrogens is 523 g/mol. The van der Waals surface area contributed by atoms with Crippen molar-refractivity contribution in [2.75, 3.05) is 36.5 Å². The minimum atomic E-state index is -0.963. The predicted octanol–water partition coefficient (Wildman–Crippen LogP) is 4.29. The Labute approximate surface area is 227 Å². The number of hydrogen-bond acceptors (Lipinski definition) is 6. The topological polar surface area (TPSA) is 89.6 Å². The minimum Gasteiger partial charge on any atom is -0.378 e. The highest BCUT2D eigenvalue weighted by Crippen LogP contribution is 2.66. The molecule has 4 heterocycles. The van der Waals surface area contributed by atoms with Gasteiger partial charge in [0, 0.05) is 31.8 Å². The molecule has 1 N–H and O–H groups in total. The predicted molar refractivity (Wildman–Crippen MR) is 141 cm³/mol. The van der Waals surface area contributed by atoms with Crippen molar-refractivity contribution in [3.63, 3.8) is 0 Å². The van der Waals surface area contributed by atoms with Gasteiger partial charge in [-0.15, -0.1) is 5.10 Å². The first kappa shape index (κ1) is 25.1. The number of carbonyl (C=O) groups is 1. The molecule has 0 spiro atoms. The number of hydrogen-bond donors (Lipinski definition) is 1. The Kier molecular flexibility index (Phi) is 5.67. The molecule has 3 fully saturated rings. The molecule has 7 rings (SSSR count). The standard InChI is InChI=1S/C28H28F3N7O2/c1-3-23-34-24-9-16(10-25(37(24)35-23)36-4-6-40-7-5-36)17-11-22(20(29)8-15(17)2)33-27(39)18-14-32-38(26(18)31)28-12-19(28)21(30)13-28/h8-11,14,19,21H,3-7,12-13H2,1-2H3,(H,33,39)/t19?,21-,28?/m1/s1. The number of morpholine rings is 1. The smallest absolute Gasteiger partial charge is 0.262 e. The van der Waals surface area contributed by atoms with Crippen LogP contribution in [0.2, 0.25) is 0 Å². The van der Waals surface area contributed by atoms with E-state index in [0.29, 0.717) is 61.7 Å². The van der Waals surface area contributed by atoms with Gasteiger partial charge in [-0.25, -0.2) is 18.4 Å². The molecule has 12 heteroatoms. The van der Waals surface area contributed by atoms with Crippen LogP contribution in [0.25, 0.3) is 16.8 Å². The van der Waals surface area contributed by atoms with Gasteiger partial charge in [0.15, 0.2) is 11.5 Å². The van der Waals surface area contributed by atoms with Gasteiger partial charge in [0.05, 0.1) is 30.6 Å². The highest BCUT2D eigenvalue weighted by molar-refractivity contribution is 6.04. The number of halogens is 3. The average Bonchev–Trinajstić information content (AvgIpc) is 3.21. The van der Waals surface area contributed by atoms with Crippen molar-refractivity contribution in [2.45, 2.75) is 44.8 Å². The molecule has 2 aliphatic carbocycles. The molecule has 2 unspecified atom stereocenters. The summed E-state index contributed by atoms with van der Waals surface area (Å²) < 4.78 is 52.4. The highest BCUT2D eigenvalue weighted by Gasteiger charge is 2.71. The maximum Gasteiger partial charge on any atom is 0.262 e. The number of rotatable bonds is 6. The second-order valence-electron chi connectivity index (χ2n) is 10.8. The molecule has 2 saturated carbocycles. The van der Waals surface area contributed by atoms with Crippen molar-refractivity contribution in [3.8, 4) is 11.1 Å². The second kappa shape index (κ2) is 9.05. The molecule has 1 amide bonds. The quantitative estimate of drug-likeness (QED) is 0.385. The van der Waals surface area contributed by atoms with Crippen LogP contribution in [0.5, 0.6) is 0 Å². The number of pyridine rings is 1. The Morgan fingerprint density at radius 3 is 2.67 bits per heavy atom. The van der Waals surface area contributed by atoms with Crippen LogP contribution in [0.3, 0.4) is 0 Å². The lowest BCUT2D eigenvalue weighted by Gasteiger charge is -2.29. The van der Waals surface area contributed by atoms with Crippen molar-refractivity contribution in [3.05, 3.63) is 59.2 Å². The number of carbonyl (C=O) groups excluding carboxylic acids is 1. The van der Waals surface area contributed by atoms with Crippen LogP contribution in [0.1, 0.15) is 41.5 Å². The third-order valence-electron chi connectivity index (χ3n) is 8.45. The van der Waals surface area contributed by atoms with E-state index in [-0.39, 0.29) is 23.6 Å². The number of amides is 1. The maximum absolute atomic E-state index is 15.2. The van der Waals surface area contributed by atoms with E-state index in [9.17, 15) is 9.18 Å². The second-order valence-corrected chi connectivity index (χ2v) is 10.8. The summed E-state index contributed by atoms with van der Waals surface area (Å²) in [5.74, 6) is -1.01. The van der Waals surface area contributed by atoms with Gasteiger partial charge >= 0.3 is 0 Å². The van der Waals surface area contributed by atoms with Gasteiger partial charge < -0.3 is 15.0 Å². The lowest BCUT2D eigenvalue weighted by molar-refractivity contribution is 0.0999. The number of aromatic nitrogens is 5. The number of aryl methyl sites for hydroxylation is 2. The summed E-state index contributed by atoms with van der Waals surface area (Å²) >= 11 is 0. The van der Waals surface area contributed by atoms with E-state index in [4.69, 9.17) is 4.74 Å². The highest BCUT2D eigenvalue weighted by atomic mass is 19.1. The van der Waals surface area contributed by atoms with Crippen LogP contribution in [0, 0.1) is 24.6 Å². The Hall–Kier alpha value is -3.93. The SMILES string of the molecule is CCc1nc2cc(-c3cc(NC(=O)c4cnn(C56CC5[C@H](F)C6)c4F)c(F)cc3C)cc(N3CCOCC3)n2n1. The van der Waals surface area contributed by atoms with Crippen LogP contribution >= 0.6 is 0 Å². The summed E-state index contributed by atoms with van der Waals surface area (Å²) in [5.41, 5.74) is 1.72. The fourth-order valence-corrected chi connectivity index (χ4v) is 6.07. The van der Waals surface area contributed by atoms with Crippen LogP contribution in [0.4, 0.5) is 24.7 Å². The van der Waals surface area contributed by atoms with Gasteiger partial charge in [0.2, 0.25) is 5.95 Å². The normalized spacial score (nSPS) is 23.7. The third kappa shape index (κ3) is 3.80. The number of fused-ring (bicyclic) bond motifs is 2. The lowest BCUT2D eigenvalue weighted by Crippen LogP contribution is -2.38. The molecule has 0 bridgehead atoms. The van der Waals surface area contributed by atoms with Crippen LogP contribution < -0.4 is 10.2 Å². The van der Waals surface area contributed by atoms with Crippen molar-refractivity contribution in [1.82, 2.24) is 24.4 Å². The minimum absolute atomic E-state index is 0.0869. The first-order valence-electron chi connectivity index (χ1n) is 13.5. The zero-order valence-corrected chi connectivity index (χ0v) is 22.1. The molecule has 4 aromatic rings. The van der Waals surface area contributed by atoms with Crippen LogP contribution in [-0.4, -0.2) is 62.8 Å². The summed E-state index contributed by atoms with van der Waals surface area (Å²) in [5, 5.41) is 11.2. The average molecular weight is 552 g/mol. The van der Waals surface area contributed by atoms with E-state index >= 15 is 8.78 Å². The summed E-state index contributed by atoms with van der Waals surface area (Å²) in [7, 11) is 0. The fourth-order valence-electron chi connectivity index (χ4n) is 6.07. The van der Waals surface area contributed by atoms with Crippen LogP contribution in [-0.2, 0) is 16.7 Å². The number of nitrogens with zero attached hydrogens (tertiary/aromatic N) is 6. The van der Waals surface area contributed by atoms with E-state index < -0.39 is 29.4 Å². The molecule has 3 aliphatic rings.